The first-order valence-electron chi connectivity index (χ1n) is 6.24. The first-order chi connectivity index (χ1) is 9.22. The second-order valence-corrected chi connectivity index (χ2v) is 4.62. The van der Waals surface area contributed by atoms with Crippen molar-refractivity contribution < 1.29 is 15.0 Å². The van der Waals surface area contributed by atoms with Crippen molar-refractivity contribution in [2.75, 3.05) is 6.61 Å². The fraction of sp³-hybridized carbons (Fsp3) is 0.286. The third-order valence-corrected chi connectivity index (χ3v) is 3.61. The van der Waals surface area contributed by atoms with Crippen LogP contribution in [0.5, 0.6) is 0 Å². The zero-order chi connectivity index (χ0) is 13.4. The molecule has 0 fully saturated rings. The molecule has 0 saturated carbocycles. The van der Waals surface area contributed by atoms with Gasteiger partial charge in [0.05, 0.1) is 5.56 Å². The fourth-order valence-electron chi connectivity index (χ4n) is 2.76. The number of nitrogens with one attached hydrogen (secondary N) is 1. The molecule has 19 heavy (non-hydrogen) atoms. The number of H-pyrrole nitrogens is 1. The van der Waals surface area contributed by atoms with E-state index in [0.29, 0.717) is 18.4 Å². The maximum atomic E-state index is 11.2. The second-order valence-electron chi connectivity index (χ2n) is 4.62. The quantitative estimate of drug-likeness (QED) is 0.777. The van der Waals surface area contributed by atoms with Gasteiger partial charge in [-0.25, -0.2) is 4.79 Å². The summed E-state index contributed by atoms with van der Waals surface area (Å²) in [6.45, 7) is 0.0708. The van der Waals surface area contributed by atoms with Gasteiger partial charge in [-0.15, -0.1) is 0 Å². The number of aliphatic hydroxyl groups is 1. The van der Waals surface area contributed by atoms with Crippen molar-refractivity contribution in [2.24, 2.45) is 0 Å². The Kier molecular flexibility index (Phi) is 2.83. The van der Waals surface area contributed by atoms with Gasteiger partial charge in [-0.2, -0.15) is 0 Å². The Morgan fingerprint density at radius 2 is 2.16 bits per heavy atom. The molecule has 5 nitrogen and oxygen atoms in total. The van der Waals surface area contributed by atoms with Crippen LogP contribution in [0.25, 0.3) is 11.3 Å². The number of rotatable bonds is 3. The highest BCUT2D eigenvalue weighted by molar-refractivity contribution is 5.92. The molecule has 2 heterocycles. The molecule has 1 aliphatic rings. The van der Waals surface area contributed by atoms with Gasteiger partial charge >= 0.3 is 5.97 Å². The number of carboxylic acid groups (broad SMARTS) is 1. The summed E-state index contributed by atoms with van der Waals surface area (Å²) in [5.41, 5.74) is 5.11. The summed E-state index contributed by atoms with van der Waals surface area (Å²) in [7, 11) is 0. The molecule has 2 aromatic heterocycles. The molecule has 0 atom stereocenters. The minimum absolute atomic E-state index is 0.0708. The molecular formula is C14H14N2O3. The van der Waals surface area contributed by atoms with Gasteiger partial charge in [-0.3, -0.25) is 4.98 Å². The molecule has 0 spiro atoms. The van der Waals surface area contributed by atoms with E-state index in [0.717, 1.165) is 34.5 Å². The van der Waals surface area contributed by atoms with Crippen LogP contribution in [0.3, 0.4) is 0 Å². The largest absolute Gasteiger partial charge is 0.478 e. The molecule has 3 N–H and O–H groups in total. The molecule has 3 rings (SSSR count). The van der Waals surface area contributed by atoms with E-state index in [2.05, 4.69) is 9.97 Å². The van der Waals surface area contributed by atoms with E-state index in [1.54, 1.807) is 12.4 Å². The summed E-state index contributed by atoms with van der Waals surface area (Å²) < 4.78 is 0. The highest BCUT2D eigenvalue weighted by Gasteiger charge is 2.24. The van der Waals surface area contributed by atoms with Crippen LogP contribution in [0.4, 0.5) is 0 Å². The standard InChI is InChI=1S/C14H14N2O3/c17-6-4-12-8-1-2-9-11(14(18)19)7-16-13(9)10(8)3-5-15-12/h3,5,7,16-17H,1-2,4,6H2,(H,18,19). The number of pyridine rings is 1. The van der Waals surface area contributed by atoms with Crippen LogP contribution >= 0.6 is 0 Å². The Labute approximate surface area is 109 Å². The van der Waals surface area contributed by atoms with Crippen molar-refractivity contribution in [3.05, 3.63) is 40.8 Å². The summed E-state index contributed by atoms with van der Waals surface area (Å²) in [6, 6.07) is 1.90. The fourth-order valence-corrected chi connectivity index (χ4v) is 2.76. The average molecular weight is 258 g/mol. The molecule has 0 radical (unpaired) electrons. The highest BCUT2D eigenvalue weighted by Crippen LogP contribution is 2.35. The van der Waals surface area contributed by atoms with E-state index >= 15 is 0 Å². The van der Waals surface area contributed by atoms with Crippen LogP contribution in [-0.2, 0) is 19.3 Å². The summed E-state index contributed by atoms with van der Waals surface area (Å²) >= 11 is 0. The average Bonchev–Trinajstić information content (AvgIpc) is 2.83. The molecule has 0 aromatic carbocycles. The molecular weight excluding hydrogens is 244 g/mol. The molecule has 5 heteroatoms. The normalized spacial score (nSPS) is 12.9. The van der Waals surface area contributed by atoms with Crippen molar-refractivity contribution >= 4 is 5.97 Å². The smallest absolute Gasteiger partial charge is 0.337 e. The van der Waals surface area contributed by atoms with Crippen molar-refractivity contribution in [3.8, 4) is 11.3 Å². The third-order valence-electron chi connectivity index (χ3n) is 3.61. The third kappa shape index (κ3) is 1.82. The lowest BCUT2D eigenvalue weighted by Gasteiger charge is -2.19. The predicted octanol–water partition coefficient (Wildman–Crippen LogP) is 1.41. The summed E-state index contributed by atoms with van der Waals surface area (Å²) in [4.78, 5) is 18.5. The molecule has 1 aliphatic carbocycles. The van der Waals surface area contributed by atoms with E-state index < -0.39 is 5.97 Å². The van der Waals surface area contributed by atoms with Crippen molar-refractivity contribution in [1.82, 2.24) is 9.97 Å². The van der Waals surface area contributed by atoms with E-state index in [-0.39, 0.29) is 6.61 Å². The minimum atomic E-state index is -0.898. The van der Waals surface area contributed by atoms with Gasteiger partial charge in [-0.1, -0.05) is 0 Å². The molecule has 0 saturated heterocycles. The van der Waals surface area contributed by atoms with Crippen LogP contribution in [0.1, 0.15) is 27.2 Å². The lowest BCUT2D eigenvalue weighted by Crippen LogP contribution is -2.11. The molecule has 0 aliphatic heterocycles. The van der Waals surface area contributed by atoms with Gasteiger partial charge in [0, 0.05) is 42.4 Å². The number of aromatic nitrogens is 2. The molecule has 98 valence electrons. The Morgan fingerprint density at radius 3 is 2.89 bits per heavy atom. The minimum Gasteiger partial charge on any atom is -0.478 e. The van der Waals surface area contributed by atoms with Crippen molar-refractivity contribution in [2.45, 2.75) is 19.3 Å². The maximum Gasteiger partial charge on any atom is 0.337 e. The van der Waals surface area contributed by atoms with Crippen LogP contribution in [0, 0.1) is 0 Å². The highest BCUT2D eigenvalue weighted by atomic mass is 16.4. The van der Waals surface area contributed by atoms with E-state index in [1.165, 1.54) is 0 Å². The Bertz CT molecular complexity index is 646. The number of carbonyl (C=O) groups is 1. The number of nitrogens with zero attached hydrogens (tertiary/aromatic N) is 1. The first kappa shape index (κ1) is 11.9. The van der Waals surface area contributed by atoms with Gasteiger partial charge in [0.2, 0.25) is 0 Å². The van der Waals surface area contributed by atoms with Crippen molar-refractivity contribution in [1.29, 1.82) is 0 Å². The zero-order valence-electron chi connectivity index (χ0n) is 10.3. The van der Waals surface area contributed by atoms with Gasteiger partial charge in [-0.05, 0) is 30.0 Å². The van der Waals surface area contributed by atoms with Crippen molar-refractivity contribution in [3.63, 3.8) is 0 Å². The topological polar surface area (TPSA) is 86.2 Å². The van der Waals surface area contributed by atoms with E-state index in [1.807, 2.05) is 6.07 Å². The number of aromatic carboxylic acids is 1. The van der Waals surface area contributed by atoms with E-state index in [4.69, 9.17) is 10.2 Å². The molecule has 2 aromatic rings. The predicted molar refractivity (Wildman–Crippen MR) is 69.2 cm³/mol. The summed E-state index contributed by atoms with van der Waals surface area (Å²) in [5, 5.41) is 18.2. The van der Waals surface area contributed by atoms with Crippen LogP contribution in [0.15, 0.2) is 18.5 Å². The lowest BCUT2D eigenvalue weighted by atomic mass is 9.87. The summed E-state index contributed by atoms with van der Waals surface area (Å²) in [6.07, 6.45) is 5.25. The number of hydrogen-bond acceptors (Lipinski definition) is 3. The van der Waals surface area contributed by atoms with Gasteiger partial charge < -0.3 is 15.2 Å². The van der Waals surface area contributed by atoms with Gasteiger partial charge in [0.25, 0.3) is 0 Å². The lowest BCUT2D eigenvalue weighted by molar-refractivity contribution is 0.0696. The number of carboxylic acids is 1. The van der Waals surface area contributed by atoms with Gasteiger partial charge in [0.1, 0.15) is 0 Å². The monoisotopic (exact) mass is 258 g/mol. The van der Waals surface area contributed by atoms with E-state index in [9.17, 15) is 4.79 Å². The maximum absolute atomic E-state index is 11.2. The van der Waals surface area contributed by atoms with Crippen LogP contribution < -0.4 is 0 Å². The number of aromatic amines is 1. The van der Waals surface area contributed by atoms with Gasteiger partial charge in [0.15, 0.2) is 0 Å². The number of fused-ring (bicyclic) bond motifs is 3. The number of hydrogen-bond donors (Lipinski definition) is 3. The zero-order valence-corrected chi connectivity index (χ0v) is 10.3. The molecule has 0 unspecified atom stereocenters. The molecule has 0 amide bonds. The van der Waals surface area contributed by atoms with Crippen LogP contribution in [0.2, 0.25) is 0 Å². The summed E-state index contributed by atoms with van der Waals surface area (Å²) in [5.74, 6) is -0.898. The first-order valence-corrected chi connectivity index (χ1v) is 6.24. The Balaban J connectivity index is 2.15. The second kappa shape index (κ2) is 4.51. The van der Waals surface area contributed by atoms with Crippen LogP contribution in [-0.4, -0.2) is 32.8 Å². The Morgan fingerprint density at radius 1 is 1.37 bits per heavy atom. The Hall–Kier alpha value is -2.14. The SMILES string of the molecule is O=C(O)c1c[nH]c2c1CCc1c-2ccnc1CCO. The molecule has 0 bridgehead atoms. The number of aliphatic hydroxyl groups excluding tert-OH is 1.